The molecule has 1 aromatic heterocycles. The van der Waals surface area contributed by atoms with Crippen molar-refractivity contribution in [2.24, 2.45) is 0 Å². The highest BCUT2D eigenvalue weighted by molar-refractivity contribution is 7.80. The van der Waals surface area contributed by atoms with Gasteiger partial charge in [-0.15, -0.1) is 0 Å². The third-order valence-electron chi connectivity index (χ3n) is 2.26. The van der Waals surface area contributed by atoms with Crippen LogP contribution in [0.4, 0.5) is 13.2 Å². The zero-order chi connectivity index (χ0) is 13.8. The number of hydrogen-bond acceptors (Lipinski definition) is 3. The van der Waals surface area contributed by atoms with Crippen molar-refractivity contribution < 1.29 is 18.0 Å². The van der Waals surface area contributed by atoms with Crippen molar-refractivity contribution in [1.29, 1.82) is 0 Å². The first kappa shape index (κ1) is 14.9. The SMILES string of the molecule is Cc1cc(C(F)(F)F)nn1CCC(=O)NCCS. The lowest BCUT2D eigenvalue weighted by Crippen LogP contribution is -2.26. The van der Waals surface area contributed by atoms with Gasteiger partial charge in [0.05, 0.1) is 0 Å². The van der Waals surface area contributed by atoms with Crippen LogP contribution in [0, 0.1) is 6.92 Å². The summed E-state index contributed by atoms with van der Waals surface area (Å²) < 4.78 is 38.3. The number of nitrogens with zero attached hydrogens (tertiary/aromatic N) is 2. The third kappa shape index (κ3) is 4.25. The summed E-state index contributed by atoms with van der Waals surface area (Å²) in [5.74, 6) is 0.289. The number of thiol groups is 1. The van der Waals surface area contributed by atoms with Gasteiger partial charge in [0, 0.05) is 31.0 Å². The molecular formula is C10H14F3N3OS. The van der Waals surface area contributed by atoms with Crippen molar-refractivity contribution >= 4 is 18.5 Å². The molecule has 1 rings (SSSR count). The zero-order valence-electron chi connectivity index (χ0n) is 9.79. The van der Waals surface area contributed by atoms with Crippen LogP contribution in [-0.4, -0.2) is 28.0 Å². The molecule has 0 bridgehead atoms. The molecule has 0 aliphatic heterocycles. The number of halogens is 3. The van der Waals surface area contributed by atoms with E-state index >= 15 is 0 Å². The molecule has 1 aromatic rings. The summed E-state index contributed by atoms with van der Waals surface area (Å²) in [7, 11) is 0. The molecule has 0 aliphatic rings. The molecule has 102 valence electrons. The molecule has 0 unspecified atom stereocenters. The van der Waals surface area contributed by atoms with Crippen LogP contribution in [0.25, 0.3) is 0 Å². The predicted octanol–water partition coefficient (Wildman–Crippen LogP) is 1.65. The van der Waals surface area contributed by atoms with E-state index in [2.05, 4.69) is 23.0 Å². The van der Waals surface area contributed by atoms with Crippen LogP contribution < -0.4 is 5.32 Å². The van der Waals surface area contributed by atoms with Gasteiger partial charge in [-0.2, -0.15) is 30.9 Å². The lowest BCUT2D eigenvalue weighted by Gasteiger charge is -2.05. The molecular weight excluding hydrogens is 267 g/mol. The lowest BCUT2D eigenvalue weighted by molar-refractivity contribution is -0.141. The first-order chi connectivity index (χ1) is 8.34. The highest BCUT2D eigenvalue weighted by Gasteiger charge is 2.34. The molecule has 0 aromatic carbocycles. The van der Waals surface area contributed by atoms with Gasteiger partial charge in [0.1, 0.15) is 0 Å². The van der Waals surface area contributed by atoms with E-state index in [1.165, 1.54) is 11.6 Å². The maximum Gasteiger partial charge on any atom is 0.435 e. The minimum atomic E-state index is -4.45. The van der Waals surface area contributed by atoms with Crippen molar-refractivity contribution in [1.82, 2.24) is 15.1 Å². The van der Waals surface area contributed by atoms with Crippen molar-refractivity contribution in [3.8, 4) is 0 Å². The Labute approximate surface area is 108 Å². The second kappa shape index (κ2) is 6.12. The minimum absolute atomic E-state index is 0.0909. The van der Waals surface area contributed by atoms with Gasteiger partial charge in [-0.1, -0.05) is 0 Å². The predicted molar refractivity (Wildman–Crippen MR) is 63.4 cm³/mol. The fourth-order valence-electron chi connectivity index (χ4n) is 1.37. The highest BCUT2D eigenvalue weighted by Crippen LogP contribution is 2.28. The topological polar surface area (TPSA) is 46.9 Å². The Balaban J connectivity index is 2.58. The molecule has 0 spiro atoms. The first-order valence-corrected chi connectivity index (χ1v) is 5.97. The normalized spacial score (nSPS) is 11.6. The van der Waals surface area contributed by atoms with E-state index in [1.54, 1.807) is 0 Å². The second-order valence-electron chi connectivity index (χ2n) is 3.72. The number of nitrogens with one attached hydrogen (secondary N) is 1. The molecule has 8 heteroatoms. The maximum absolute atomic E-state index is 12.4. The van der Waals surface area contributed by atoms with E-state index < -0.39 is 11.9 Å². The Morgan fingerprint density at radius 1 is 1.56 bits per heavy atom. The minimum Gasteiger partial charge on any atom is -0.355 e. The summed E-state index contributed by atoms with van der Waals surface area (Å²) >= 11 is 3.93. The summed E-state index contributed by atoms with van der Waals surface area (Å²) in [6, 6.07) is 0.964. The fraction of sp³-hybridized carbons (Fsp3) is 0.600. The zero-order valence-corrected chi connectivity index (χ0v) is 10.7. The summed E-state index contributed by atoms with van der Waals surface area (Å²) in [6.45, 7) is 2.09. The molecule has 4 nitrogen and oxygen atoms in total. The van der Waals surface area contributed by atoms with Crippen LogP contribution in [0.2, 0.25) is 0 Å². The number of aryl methyl sites for hydroxylation is 2. The van der Waals surface area contributed by atoms with Crippen LogP contribution >= 0.6 is 12.6 Å². The van der Waals surface area contributed by atoms with Crippen LogP contribution in [0.5, 0.6) is 0 Å². The number of aromatic nitrogens is 2. The number of carbonyl (C=O) groups is 1. The van der Waals surface area contributed by atoms with Gasteiger partial charge in [0.15, 0.2) is 5.69 Å². The van der Waals surface area contributed by atoms with Crippen molar-refractivity contribution in [3.63, 3.8) is 0 Å². The smallest absolute Gasteiger partial charge is 0.355 e. The van der Waals surface area contributed by atoms with Crippen LogP contribution in [-0.2, 0) is 17.5 Å². The van der Waals surface area contributed by atoms with Gasteiger partial charge < -0.3 is 5.32 Å². The molecule has 0 radical (unpaired) electrons. The van der Waals surface area contributed by atoms with E-state index in [4.69, 9.17) is 0 Å². The molecule has 1 amide bonds. The monoisotopic (exact) mass is 281 g/mol. The third-order valence-corrected chi connectivity index (χ3v) is 2.48. The fourth-order valence-corrected chi connectivity index (χ4v) is 1.48. The summed E-state index contributed by atoms with van der Waals surface area (Å²) in [4.78, 5) is 11.3. The second-order valence-corrected chi connectivity index (χ2v) is 4.16. The van der Waals surface area contributed by atoms with Crippen molar-refractivity contribution in [2.45, 2.75) is 26.1 Å². The molecule has 0 fully saturated rings. The van der Waals surface area contributed by atoms with Crippen LogP contribution in [0.15, 0.2) is 6.07 Å². The van der Waals surface area contributed by atoms with E-state index in [0.717, 1.165) is 6.07 Å². The standard InChI is InChI=1S/C10H14F3N3OS/c1-7-6-8(10(11,12)13)15-16(7)4-2-9(17)14-3-5-18/h6,18H,2-5H2,1H3,(H,14,17). The van der Waals surface area contributed by atoms with Gasteiger partial charge in [-0.3, -0.25) is 9.48 Å². The Morgan fingerprint density at radius 2 is 2.22 bits per heavy atom. The highest BCUT2D eigenvalue weighted by atomic mass is 32.1. The van der Waals surface area contributed by atoms with Crippen LogP contribution in [0.3, 0.4) is 0 Å². The van der Waals surface area contributed by atoms with Gasteiger partial charge >= 0.3 is 6.18 Å². The molecule has 0 atom stereocenters. The average Bonchev–Trinajstić information content (AvgIpc) is 2.65. The lowest BCUT2D eigenvalue weighted by atomic mass is 10.3. The summed E-state index contributed by atoms with van der Waals surface area (Å²) in [5.41, 5.74) is -0.555. The van der Waals surface area contributed by atoms with Gasteiger partial charge in [0.2, 0.25) is 5.91 Å². The van der Waals surface area contributed by atoms with Crippen LogP contribution in [0.1, 0.15) is 17.8 Å². The average molecular weight is 281 g/mol. The Bertz CT molecular complexity index is 417. The van der Waals surface area contributed by atoms with Gasteiger partial charge in [-0.25, -0.2) is 0 Å². The van der Waals surface area contributed by atoms with E-state index in [-0.39, 0.29) is 18.9 Å². The quantitative estimate of drug-likeness (QED) is 0.806. The number of hydrogen-bond donors (Lipinski definition) is 2. The number of carbonyl (C=O) groups excluding carboxylic acids is 1. The maximum atomic E-state index is 12.4. The Kier molecular flexibility index (Phi) is 5.06. The van der Waals surface area contributed by atoms with E-state index in [0.29, 0.717) is 18.0 Å². The molecule has 1 heterocycles. The van der Waals surface area contributed by atoms with Gasteiger partial charge in [-0.05, 0) is 13.0 Å². The Morgan fingerprint density at radius 3 is 2.72 bits per heavy atom. The molecule has 0 saturated heterocycles. The Hall–Kier alpha value is -1.18. The van der Waals surface area contributed by atoms with Crippen molar-refractivity contribution in [3.05, 3.63) is 17.5 Å². The molecule has 0 saturated carbocycles. The number of rotatable bonds is 5. The van der Waals surface area contributed by atoms with Crippen molar-refractivity contribution in [2.75, 3.05) is 12.3 Å². The first-order valence-electron chi connectivity index (χ1n) is 5.34. The summed E-state index contributed by atoms with van der Waals surface area (Å²) in [5, 5.41) is 6.01. The van der Waals surface area contributed by atoms with E-state index in [1.807, 2.05) is 0 Å². The largest absolute Gasteiger partial charge is 0.435 e. The van der Waals surface area contributed by atoms with Gasteiger partial charge in [0.25, 0.3) is 0 Å². The number of amides is 1. The number of alkyl halides is 3. The molecule has 0 aliphatic carbocycles. The molecule has 18 heavy (non-hydrogen) atoms. The molecule has 1 N–H and O–H groups in total. The van der Waals surface area contributed by atoms with E-state index in [9.17, 15) is 18.0 Å². The summed E-state index contributed by atoms with van der Waals surface area (Å²) in [6.07, 6.45) is -4.36.